The Balaban J connectivity index is 1.51. The molecule has 0 spiro atoms. The van der Waals surface area contributed by atoms with Crippen LogP contribution in [-0.4, -0.2) is 35.4 Å². The van der Waals surface area contributed by atoms with Gasteiger partial charge in [0.2, 0.25) is 11.8 Å². The molecule has 2 atom stereocenters. The highest BCUT2D eigenvalue weighted by Crippen LogP contribution is 2.29. The standard InChI is InChI=1S/C21H23N5O2S/c1-13-8-9-14(2)17(10-13)23-18(27)12-29-21-24-19-16(11-22-25-19)20(28)26(21)15-6-4-3-5-7-15/h3-10,16,19,22,25H,11-12H2,1-2H3,(H,23,27). The molecule has 0 saturated carbocycles. The zero-order valence-electron chi connectivity index (χ0n) is 16.3. The van der Waals surface area contributed by atoms with Crippen molar-refractivity contribution in [2.75, 3.05) is 22.5 Å². The molecule has 0 aliphatic carbocycles. The fourth-order valence-electron chi connectivity index (χ4n) is 3.37. The zero-order chi connectivity index (χ0) is 20.4. The van der Waals surface area contributed by atoms with Crippen LogP contribution in [0.25, 0.3) is 0 Å². The summed E-state index contributed by atoms with van der Waals surface area (Å²) >= 11 is 1.27. The Kier molecular flexibility index (Phi) is 5.66. The first-order chi connectivity index (χ1) is 14.0. The molecule has 3 N–H and O–H groups in total. The van der Waals surface area contributed by atoms with Crippen LogP contribution in [-0.2, 0) is 9.59 Å². The predicted molar refractivity (Wildman–Crippen MR) is 117 cm³/mol. The minimum atomic E-state index is -0.313. The number of rotatable bonds is 4. The van der Waals surface area contributed by atoms with E-state index >= 15 is 0 Å². The van der Waals surface area contributed by atoms with E-state index in [4.69, 9.17) is 4.99 Å². The van der Waals surface area contributed by atoms with Crippen LogP contribution >= 0.6 is 11.8 Å². The maximum Gasteiger partial charge on any atom is 0.241 e. The first-order valence-electron chi connectivity index (χ1n) is 9.48. The van der Waals surface area contributed by atoms with Gasteiger partial charge in [-0.15, -0.1) is 0 Å². The summed E-state index contributed by atoms with van der Waals surface area (Å²) in [6.07, 6.45) is -0.313. The second kappa shape index (κ2) is 8.36. The minimum absolute atomic E-state index is 0.0221. The Labute approximate surface area is 173 Å². The second-order valence-electron chi connectivity index (χ2n) is 7.15. The van der Waals surface area contributed by atoms with E-state index in [1.54, 1.807) is 4.90 Å². The number of para-hydroxylation sites is 1. The van der Waals surface area contributed by atoms with Gasteiger partial charge >= 0.3 is 0 Å². The lowest BCUT2D eigenvalue weighted by Gasteiger charge is -2.32. The SMILES string of the molecule is Cc1ccc(C)c(NC(=O)CSC2=NC3NNCC3C(=O)N2c2ccccc2)c1. The Hall–Kier alpha value is -2.68. The summed E-state index contributed by atoms with van der Waals surface area (Å²) in [5.41, 5.74) is 9.69. The van der Waals surface area contributed by atoms with Gasteiger partial charge in [0.25, 0.3) is 0 Å². The van der Waals surface area contributed by atoms with Gasteiger partial charge in [0.05, 0.1) is 17.4 Å². The molecule has 150 valence electrons. The van der Waals surface area contributed by atoms with Gasteiger partial charge in [0, 0.05) is 12.2 Å². The molecule has 2 aromatic rings. The van der Waals surface area contributed by atoms with Crippen molar-refractivity contribution in [2.24, 2.45) is 10.9 Å². The normalized spacial score (nSPS) is 21.0. The van der Waals surface area contributed by atoms with E-state index in [9.17, 15) is 9.59 Å². The molecule has 4 rings (SSSR count). The molecule has 8 heteroatoms. The van der Waals surface area contributed by atoms with Crippen LogP contribution in [0.15, 0.2) is 53.5 Å². The van der Waals surface area contributed by atoms with E-state index in [1.807, 2.05) is 62.4 Å². The number of anilines is 2. The summed E-state index contributed by atoms with van der Waals surface area (Å²) in [5.74, 6) is -0.255. The molecule has 29 heavy (non-hydrogen) atoms. The van der Waals surface area contributed by atoms with Crippen molar-refractivity contribution in [3.63, 3.8) is 0 Å². The van der Waals surface area contributed by atoms with E-state index in [0.29, 0.717) is 11.7 Å². The molecule has 0 radical (unpaired) electrons. The van der Waals surface area contributed by atoms with E-state index < -0.39 is 0 Å². The monoisotopic (exact) mass is 409 g/mol. The summed E-state index contributed by atoms with van der Waals surface area (Å²) in [6, 6.07) is 15.4. The lowest BCUT2D eigenvalue weighted by molar-refractivity contribution is -0.121. The molecule has 2 amide bonds. The number of amides is 2. The van der Waals surface area contributed by atoms with Gasteiger partial charge in [0.15, 0.2) is 5.17 Å². The summed E-state index contributed by atoms with van der Waals surface area (Å²) in [5, 5.41) is 3.48. The zero-order valence-corrected chi connectivity index (χ0v) is 17.1. The minimum Gasteiger partial charge on any atom is -0.325 e. The third-order valence-corrected chi connectivity index (χ3v) is 5.90. The number of aryl methyl sites for hydroxylation is 2. The number of benzene rings is 2. The van der Waals surface area contributed by atoms with Crippen LogP contribution in [0.4, 0.5) is 11.4 Å². The molecule has 1 fully saturated rings. The van der Waals surface area contributed by atoms with Crippen LogP contribution in [0.5, 0.6) is 0 Å². The third kappa shape index (κ3) is 4.19. The predicted octanol–water partition coefficient (Wildman–Crippen LogP) is 2.43. The highest BCUT2D eigenvalue weighted by Gasteiger charge is 2.42. The number of fused-ring (bicyclic) bond motifs is 1. The van der Waals surface area contributed by atoms with Crippen molar-refractivity contribution in [1.82, 2.24) is 10.9 Å². The molecule has 1 saturated heterocycles. The lowest BCUT2D eigenvalue weighted by Crippen LogP contribution is -2.49. The molecule has 2 unspecified atom stereocenters. The quantitative estimate of drug-likeness (QED) is 0.722. The number of thioether (sulfide) groups is 1. The maximum absolute atomic E-state index is 13.1. The molecule has 7 nitrogen and oxygen atoms in total. The maximum atomic E-state index is 13.1. The van der Waals surface area contributed by atoms with E-state index in [0.717, 1.165) is 22.5 Å². The second-order valence-corrected chi connectivity index (χ2v) is 8.10. The summed E-state index contributed by atoms with van der Waals surface area (Å²) in [6.45, 7) is 4.48. The van der Waals surface area contributed by atoms with Crippen molar-refractivity contribution in [1.29, 1.82) is 0 Å². The first-order valence-corrected chi connectivity index (χ1v) is 10.5. The number of amidine groups is 1. The van der Waals surface area contributed by atoms with Crippen molar-refractivity contribution in [3.05, 3.63) is 59.7 Å². The van der Waals surface area contributed by atoms with Gasteiger partial charge < -0.3 is 5.32 Å². The Morgan fingerprint density at radius 3 is 2.83 bits per heavy atom. The number of hydrogen-bond acceptors (Lipinski definition) is 6. The van der Waals surface area contributed by atoms with Crippen LogP contribution in [0.2, 0.25) is 0 Å². The van der Waals surface area contributed by atoms with Crippen LogP contribution < -0.4 is 21.1 Å². The summed E-state index contributed by atoms with van der Waals surface area (Å²) in [7, 11) is 0. The number of nitrogens with one attached hydrogen (secondary N) is 3. The van der Waals surface area contributed by atoms with Crippen molar-refractivity contribution in [3.8, 4) is 0 Å². The summed E-state index contributed by atoms with van der Waals surface area (Å²) < 4.78 is 0. The number of carbonyl (C=O) groups excluding carboxylic acids is 2. The van der Waals surface area contributed by atoms with Gasteiger partial charge in [-0.25, -0.2) is 10.4 Å². The molecule has 2 aromatic carbocycles. The van der Waals surface area contributed by atoms with Crippen molar-refractivity contribution in [2.45, 2.75) is 20.0 Å². The van der Waals surface area contributed by atoms with E-state index in [1.165, 1.54) is 11.8 Å². The molecule has 2 aliphatic heterocycles. The number of aliphatic imine (C=N–C) groups is 1. The van der Waals surface area contributed by atoms with Crippen molar-refractivity contribution < 1.29 is 9.59 Å². The Bertz CT molecular complexity index is 963. The van der Waals surface area contributed by atoms with Crippen LogP contribution in [0, 0.1) is 19.8 Å². The molecule has 2 heterocycles. The van der Waals surface area contributed by atoms with Gasteiger partial charge in [-0.05, 0) is 43.2 Å². The highest BCUT2D eigenvalue weighted by molar-refractivity contribution is 8.14. The topological polar surface area (TPSA) is 85.8 Å². The van der Waals surface area contributed by atoms with Gasteiger partial charge in [0.1, 0.15) is 6.17 Å². The number of nitrogens with zero attached hydrogens (tertiary/aromatic N) is 2. The third-order valence-electron chi connectivity index (χ3n) is 4.95. The van der Waals surface area contributed by atoms with E-state index in [-0.39, 0.29) is 29.7 Å². The Morgan fingerprint density at radius 2 is 2.03 bits per heavy atom. The molecule has 0 aromatic heterocycles. The molecular formula is C21H23N5O2S. The fourth-order valence-corrected chi connectivity index (χ4v) is 4.22. The number of carbonyl (C=O) groups is 2. The average molecular weight is 410 g/mol. The molecular weight excluding hydrogens is 386 g/mol. The summed E-state index contributed by atoms with van der Waals surface area (Å²) in [4.78, 5) is 32.0. The van der Waals surface area contributed by atoms with Crippen LogP contribution in [0.1, 0.15) is 11.1 Å². The Morgan fingerprint density at radius 1 is 1.24 bits per heavy atom. The smallest absolute Gasteiger partial charge is 0.241 e. The molecule has 0 bridgehead atoms. The van der Waals surface area contributed by atoms with Crippen LogP contribution in [0.3, 0.4) is 0 Å². The van der Waals surface area contributed by atoms with Gasteiger partial charge in [-0.3, -0.25) is 19.9 Å². The number of hydrazine groups is 1. The van der Waals surface area contributed by atoms with Gasteiger partial charge in [-0.2, -0.15) is 0 Å². The largest absolute Gasteiger partial charge is 0.325 e. The highest BCUT2D eigenvalue weighted by atomic mass is 32.2. The number of hydrogen-bond donors (Lipinski definition) is 3. The van der Waals surface area contributed by atoms with Crippen molar-refractivity contribution >= 4 is 40.1 Å². The average Bonchev–Trinajstić information content (AvgIpc) is 3.19. The molecule has 2 aliphatic rings. The lowest BCUT2D eigenvalue weighted by atomic mass is 10.1. The van der Waals surface area contributed by atoms with E-state index in [2.05, 4.69) is 16.2 Å². The first kappa shape index (κ1) is 19.6. The van der Waals surface area contributed by atoms with Gasteiger partial charge in [-0.1, -0.05) is 42.1 Å². The fraction of sp³-hybridized carbons (Fsp3) is 0.286.